The molecular weight excluding hydrogens is 420 g/mol. The lowest BCUT2D eigenvalue weighted by atomic mass is 9.91. The van der Waals surface area contributed by atoms with Gasteiger partial charge in [-0.1, -0.05) is 60.7 Å². The monoisotopic (exact) mass is 450 g/mol. The Bertz CT molecular complexity index is 1340. The fourth-order valence-corrected chi connectivity index (χ4v) is 4.54. The van der Waals surface area contributed by atoms with E-state index in [1.807, 2.05) is 38.1 Å². The summed E-state index contributed by atoms with van der Waals surface area (Å²) in [4.78, 5) is 13.5. The molecule has 4 nitrogen and oxygen atoms in total. The van der Waals surface area contributed by atoms with E-state index in [4.69, 9.17) is 10.5 Å². The second kappa shape index (κ2) is 8.96. The fourth-order valence-electron chi connectivity index (χ4n) is 4.54. The van der Waals surface area contributed by atoms with E-state index in [0.717, 1.165) is 24.0 Å². The first-order chi connectivity index (χ1) is 16.4. The number of ether oxygens (including phenoxy) is 1. The lowest BCUT2D eigenvalue weighted by Gasteiger charge is -2.22. The summed E-state index contributed by atoms with van der Waals surface area (Å²) in [6, 6.07) is 28.9. The van der Waals surface area contributed by atoms with E-state index in [-0.39, 0.29) is 17.5 Å². The topological polar surface area (TPSA) is 64.3 Å². The number of hydrogen-bond donors (Lipinski definition) is 2. The number of benzene rings is 4. The maximum Gasteiger partial charge on any atom is 0.252 e. The van der Waals surface area contributed by atoms with Crippen LogP contribution in [0, 0.1) is 6.92 Å². The Morgan fingerprint density at radius 1 is 0.971 bits per heavy atom. The minimum Gasteiger partial charge on any atom is -0.492 e. The maximum absolute atomic E-state index is 13.5. The first-order valence-electron chi connectivity index (χ1n) is 11.9. The molecule has 1 amide bonds. The molecule has 4 heteroatoms. The lowest BCUT2D eigenvalue weighted by molar-refractivity contribution is 0.0930. The van der Waals surface area contributed by atoms with Gasteiger partial charge in [-0.05, 0) is 84.0 Å². The third-order valence-electron chi connectivity index (χ3n) is 6.55. The summed E-state index contributed by atoms with van der Waals surface area (Å²) in [7, 11) is 0. The van der Waals surface area contributed by atoms with Gasteiger partial charge >= 0.3 is 0 Å². The van der Waals surface area contributed by atoms with Crippen LogP contribution in [0.4, 0.5) is 0 Å². The molecule has 1 fully saturated rings. The zero-order chi connectivity index (χ0) is 23.7. The smallest absolute Gasteiger partial charge is 0.252 e. The van der Waals surface area contributed by atoms with Crippen molar-refractivity contribution in [1.82, 2.24) is 5.32 Å². The fraction of sp³-hybridized carbons (Fsp3) is 0.233. The van der Waals surface area contributed by atoms with Crippen LogP contribution in [0.5, 0.6) is 5.75 Å². The van der Waals surface area contributed by atoms with Gasteiger partial charge in [0.2, 0.25) is 0 Å². The molecule has 172 valence electrons. The van der Waals surface area contributed by atoms with Crippen LogP contribution in [0.25, 0.3) is 21.9 Å². The van der Waals surface area contributed by atoms with E-state index in [0.29, 0.717) is 17.9 Å². The van der Waals surface area contributed by atoms with Gasteiger partial charge in [0.1, 0.15) is 12.4 Å². The van der Waals surface area contributed by atoms with Crippen LogP contribution in [-0.2, 0) is 5.54 Å². The molecule has 34 heavy (non-hydrogen) atoms. The SMILES string of the molecule is Cc1ccc(OCC(C)N)cc1C(=O)NC1(c2cc(-c3ccccc3)cc3ccccc23)CC1. The Balaban J connectivity index is 1.50. The Hall–Kier alpha value is -3.63. The molecule has 5 rings (SSSR count). The van der Waals surface area contributed by atoms with Crippen molar-refractivity contribution in [3.63, 3.8) is 0 Å². The third-order valence-corrected chi connectivity index (χ3v) is 6.55. The number of nitrogens with one attached hydrogen (secondary N) is 1. The highest BCUT2D eigenvalue weighted by Gasteiger charge is 2.47. The summed E-state index contributed by atoms with van der Waals surface area (Å²) in [5, 5.41) is 5.75. The highest BCUT2D eigenvalue weighted by Crippen LogP contribution is 2.49. The summed E-state index contributed by atoms with van der Waals surface area (Å²) in [5.41, 5.74) is 10.5. The van der Waals surface area contributed by atoms with Crippen molar-refractivity contribution in [3.8, 4) is 16.9 Å². The Kier molecular flexibility index (Phi) is 5.84. The summed E-state index contributed by atoms with van der Waals surface area (Å²) in [6.07, 6.45) is 1.84. The van der Waals surface area contributed by atoms with Crippen molar-refractivity contribution >= 4 is 16.7 Å². The number of rotatable bonds is 7. The summed E-state index contributed by atoms with van der Waals surface area (Å²) >= 11 is 0. The average Bonchev–Trinajstić information content (AvgIpc) is 3.63. The molecule has 0 heterocycles. The van der Waals surface area contributed by atoms with Gasteiger partial charge in [0.15, 0.2) is 0 Å². The van der Waals surface area contributed by atoms with Crippen LogP contribution in [0.2, 0.25) is 0 Å². The number of carbonyl (C=O) groups is 1. The first kappa shape index (κ1) is 22.2. The average molecular weight is 451 g/mol. The predicted octanol–water partition coefficient (Wildman–Crippen LogP) is 5.96. The minimum atomic E-state index is -0.365. The van der Waals surface area contributed by atoms with Crippen molar-refractivity contribution in [1.29, 1.82) is 0 Å². The Labute approximate surface area is 200 Å². The van der Waals surface area contributed by atoms with Gasteiger partial charge in [-0.25, -0.2) is 0 Å². The quantitative estimate of drug-likeness (QED) is 0.365. The highest BCUT2D eigenvalue weighted by atomic mass is 16.5. The van der Waals surface area contributed by atoms with Crippen molar-refractivity contribution in [2.75, 3.05) is 6.61 Å². The van der Waals surface area contributed by atoms with Gasteiger partial charge in [0.25, 0.3) is 5.91 Å². The van der Waals surface area contributed by atoms with E-state index < -0.39 is 0 Å². The second-order valence-corrected chi connectivity index (χ2v) is 9.41. The Morgan fingerprint density at radius 3 is 2.44 bits per heavy atom. The molecule has 1 saturated carbocycles. The van der Waals surface area contributed by atoms with Crippen molar-refractivity contribution < 1.29 is 9.53 Å². The molecule has 0 aliphatic heterocycles. The number of nitrogens with two attached hydrogens (primary N) is 1. The van der Waals surface area contributed by atoms with Crippen LogP contribution >= 0.6 is 0 Å². The van der Waals surface area contributed by atoms with Crippen LogP contribution in [0.1, 0.15) is 41.3 Å². The summed E-state index contributed by atoms with van der Waals surface area (Å²) in [6.45, 7) is 4.26. The molecule has 0 saturated heterocycles. The standard InChI is InChI=1S/C30H30N2O2/c1-20-12-13-25(34-19-21(2)31)18-27(20)29(33)32-30(14-15-30)28-17-24(22-8-4-3-5-9-22)16-23-10-6-7-11-26(23)28/h3-13,16-18,21H,14-15,19,31H2,1-2H3,(H,32,33). The largest absolute Gasteiger partial charge is 0.492 e. The van der Waals surface area contributed by atoms with Crippen LogP contribution in [0.15, 0.2) is 84.9 Å². The van der Waals surface area contributed by atoms with Crippen molar-refractivity contribution in [3.05, 3.63) is 102 Å². The number of carbonyl (C=O) groups excluding carboxylic acids is 1. The first-order valence-corrected chi connectivity index (χ1v) is 11.9. The normalized spacial score (nSPS) is 15.0. The van der Waals surface area contributed by atoms with Gasteiger partial charge in [0, 0.05) is 11.6 Å². The molecule has 0 spiro atoms. The molecule has 4 aromatic carbocycles. The van der Waals surface area contributed by atoms with E-state index in [9.17, 15) is 4.79 Å². The summed E-state index contributed by atoms with van der Waals surface area (Å²) < 4.78 is 5.76. The number of hydrogen-bond acceptors (Lipinski definition) is 3. The Morgan fingerprint density at radius 2 is 1.71 bits per heavy atom. The molecule has 3 N–H and O–H groups in total. The molecule has 0 aromatic heterocycles. The zero-order valence-electron chi connectivity index (χ0n) is 19.7. The molecule has 1 aliphatic rings. The van der Waals surface area contributed by atoms with Gasteiger partial charge in [-0.15, -0.1) is 0 Å². The maximum atomic E-state index is 13.5. The van der Waals surface area contributed by atoms with Crippen molar-refractivity contribution in [2.45, 2.75) is 38.3 Å². The molecule has 1 unspecified atom stereocenters. The second-order valence-electron chi connectivity index (χ2n) is 9.41. The van der Waals surface area contributed by atoms with Crippen LogP contribution < -0.4 is 15.8 Å². The molecular formula is C30H30N2O2. The number of amides is 1. The van der Waals surface area contributed by atoms with Crippen LogP contribution in [0.3, 0.4) is 0 Å². The molecule has 0 radical (unpaired) electrons. The van der Waals surface area contributed by atoms with E-state index in [2.05, 4.69) is 66.0 Å². The van der Waals surface area contributed by atoms with Gasteiger partial charge in [-0.3, -0.25) is 4.79 Å². The van der Waals surface area contributed by atoms with Crippen LogP contribution in [-0.4, -0.2) is 18.6 Å². The van der Waals surface area contributed by atoms with Gasteiger partial charge in [-0.2, -0.15) is 0 Å². The number of aryl methyl sites for hydroxylation is 1. The highest BCUT2D eigenvalue weighted by molar-refractivity contribution is 5.98. The van der Waals surface area contributed by atoms with Gasteiger partial charge < -0.3 is 15.8 Å². The molecule has 0 bridgehead atoms. The van der Waals surface area contributed by atoms with E-state index >= 15 is 0 Å². The third kappa shape index (κ3) is 4.42. The minimum absolute atomic E-state index is 0.0708. The number of fused-ring (bicyclic) bond motifs is 1. The lowest BCUT2D eigenvalue weighted by Crippen LogP contribution is -2.35. The van der Waals surface area contributed by atoms with Crippen molar-refractivity contribution in [2.24, 2.45) is 5.73 Å². The molecule has 4 aromatic rings. The molecule has 1 atom stereocenters. The predicted molar refractivity (Wildman–Crippen MR) is 138 cm³/mol. The van der Waals surface area contributed by atoms with E-state index in [1.54, 1.807) is 0 Å². The van der Waals surface area contributed by atoms with E-state index in [1.165, 1.54) is 21.9 Å². The van der Waals surface area contributed by atoms with Gasteiger partial charge in [0.05, 0.1) is 5.54 Å². The zero-order valence-corrected chi connectivity index (χ0v) is 19.7. The molecule has 1 aliphatic carbocycles. The summed E-state index contributed by atoms with van der Waals surface area (Å²) in [5.74, 6) is 0.588.